The highest BCUT2D eigenvalue weighted by atomic mass is 16.5. The van der Waals surface area contributed by atoms with E-state index in [2.05, 4.69) is 5.32 Å². The number of nitrogens with one attached hydrogen (secondary N) is 1. The Kier molecular flexibility index (Phi) is 6.18. The van der Waals surface area contributed by atoms with Crippen molar-refractivity contribution in [1.82, 2.24) is 5.32 Å². The van der Waals surface area contributed by atoms with Crippen LogP contribution < -0.4 is 5.32 Å². The summed E-state index contributed by atoms with van der Waals surface area (Å²) < 4.78 is 4.99. The molecule has 1 aromatic rings. The summed E-state index contributed by atoms with van der Waals surface area (Å²) in [5, 5.41) is 11.6. The molecule has 20 heavy (non-hydrogen) atoms. The summed E-state index contributed by atoms with van der Waals surface area (Å²) in [5.74, 6) is -1.19. The molecule has 110 valence electrons. The third kappa shape index (κ3) is 5.01. The number of aliphatic carboxylic acids is 1. The Bertz CT molecular complexity index is 453. The van der Waals surface area contributed by atoms with Crippen LogP contribution in [-0.2, 0) is 16.1 Å². The first-order valence-corrected chi connectivity index (χ1v) is 6.55. The lowest BCUT2D eigenvalue weighted by Gasteiger charge is -2.16. The van der Waals surface area contributed by atoms with E-state index in [0.717, 1.165) is 5.56 Å². The Morgan fingerprint density at radius 2 is 1.85 bits per heavy atom. The van der Waals surface area contributed by atoms with Gasteiger partial charge in [-0.3, -0.25) is 4.79 Å². The van der Waals surface area contributed by atoms with E-state index in [4.69, 9.17) is 9.84 Å². The summed E-state index contributed by atoms with van der Waals surface area (Å²) in [6.07, 6.45) is 0.406. The summed E-state index contributed by atoms with van der Waals surface area (Å²) >= 11 is 0. The SMILES string of the molecule is COCc1ccc(C(=O)N[C@@H](CC(C)C)C(=O)O)cc1. The highest BCUT2D eigenvalue weighted by Crippen LogP contribution is 2.09. The number of carboxylic acids is 1. The van der Waals surface area contributed by atoms with Gasteiger partial charge in [0, 0.05) is 12.7 Å². The number of carbonyl (C=O) groups is 2. The minimum absolute atomic E-state index is 0.195. The topological polar surface area (TPSA) is 75.6 Å². The van der Waals surface area contributed by atoms with Crippen molar-refractivity contribution in [2.24, 2.45) is 5.92 Å². The Hall–Kier alpha value is -1.88. The molecule has 0 radical (unpaired) electrons. The van der Waals surface area contributed by atoms with Crippen molar-refractivity contribution in [2.75, 3.05) is 7.11 Å². The molecule has 0 aliphatic rings. The minimum Gasteiger partial charge on any atom is -0.480 e. The first kappa shape index (κ1) is 16.2. The zero-order chi connectivity index (χ0) is 15.1. The number of methoxy groups -OCH3 is 1. The highest BCUT2D eigenvalue weighted by Gasteiger charge is 2.21. The average molecular weight is 279 g/mol. The van der Waals surface area contributed by atoms with Gasteiger partial charge < -0.3 is 15.2 Å². The Morgan fingerprint density at radius 1 is 1.25 bits per heavy atom. The summed E-state index contributed by atoms with van der Waals surface area (Å²) in [7, 11) is 1.60. The number of hydrogen-bond donors (Lipinski definition) is 2. The van der Waals surface area contributed by atoms with E-state index < -0.39 is 12.0 Å². The Balaban J connectivity index is 2.70. The fraction of sp³-hybridized carbons (Fsp3) is 0.467. The number of hydrogen-bond acceptors (Lipinski definition) is 3. The van der Waals surface area contributed by atoms with Crippen LogP contribution in [0.15, 0.2) is 24.3 Å². The van der Waals surface area contributed by atoms with Crippen LogP contribution in [0, 0.1) is 5.92 Å². The monoisotopic (exact) mass is 279 g/mol. The molecule has 1 rings (SSSR count). The molecule has 1 amide bonds. The second-order valence-electron chi connectivity index (χ2n) is 5.12. The maximum Gasteiger partial charge on any atom is 0.326 e. The quantitative estimate of drug-likeness (QED) is 0.801. The predicted molar refractivity (Wildman–Crippen MR) is 75.5 cm³/mol. The molecule has 2 N–H and O–H groups in total. The van der Waals surface area contributed by atoms with Crippen LogP contribution in [-0.4, -0.2) is 30.1 Å². The molecule has 0 saturated carbocycles. The second kappa shape index (κ2) is 7.65. The lowest BCUT2D eigenvalue weighted by atomic mass is 10.0. The van der Waals surface area contributed by atoms with Gasteiger partial charge in [-0.15, -0.1) is 0 Å². The van der Waals surface area contributed by atoms with E-state index in [1.54, 1.807) is 31.4 Å². The molecule has 0 unspecified atom stereocenters. The number of amides is 1. The summed E-state index contributed by atoms with van der Waals surface area (Å²) in [5.41, 5.74) is 1.40. The average Bonchev–Trinajstić information content (AvgIpc) is 2.38. The first-order chi connectivity index (χ1) is 9.43. The van der Waals surface area contributed by atoms with Crippen LogP contribution >= 0.6 is 0 Å². The van der Waals surface area contributed by atoms with E-state index in [1.165, 1.54) is 0 Å². The van der Waals surface area contributed by atoms with Crippen molar-refractivity contribution in [2.45, 2.75) is 32.9 Å². The molecule has 1 atom stereocenters. The molecule has 0 fully saturated rings. The van der Waals surface area contributed by atoms with Crippen molar-refractivity contribution in [3.8, 4) is 0 Å². The van der Waals surface area contributed by atoms with Crippen LogP contribution in [0.1, 0.15) is 36.2 Å². The van der Waals surface area contributed by atoms with Crippen LogP contribution in [0.4, 0.5) is 0 Å². The Labute approximate surface area is 118 Å². The molecule has 0 aliphatic carbocycles. The molecule has 0 spiro atoms. The van der Waals surface area contributed by atoms with Crippen molar-refractivity contribution in [3.63, 3.8) is 0 Å². The molecule has 1 aromatic carbocycles. The van der Waals surface area contributed by atoms with Crippen LogP contribution in [0.3, 0.4) is 0 Å². The molecular weight excluding hydrogens is 258 g/mol. The lowest BCUT2D eigenvalue weighted by Crippen LogP contribution is -2.41. The third-order valence-electron chi connectivity index (χ3n) is 2.84. The normalized spacial score (nSPS) is 12.2. The van der Waals surface area contributed by atoms with Gasteiger partial charge in [-0.05, 0) is 30.0 Å². The van der Waals surface area contributed by atoms with Gasteiger partial charge in [-0.25, -0.2) is 4.79 Å². The van der Waals surface area contributed by atoms with Crippen LogP contribution in [0.5, 0.6) is 0 Å². The molecule has 5 heteroatoms. The van der Waals surface area contributed by atoms with E-state index in [1.807, 2.05) is 13.8 Å². The van der Waals surface area contributed by atoms with Gasteiger partial charge in [0.25, 0.3) is 5.91 Å². The van der Waals surface area contributed by atoms with Crippen molar-refractivity contribution in [1.29, 1.82) is 0 Å². The molecule has 0 heterocycles. The number of ether oxygens (including phenoxy) is 1. The number of carbonyl (C=O) groups excluding carboxylic acids is 1. The van der Waals surface area contributed by atoms with Gasteiger partial charge in [-0.2, -0.15) is 0 Å². The molecule has 0 aromatic heterocycles. The number of carboxylic acid groups (broad SMARTS) is 1. The second-order valence-corrected chi connectivity index (χ2v) is 5.12. The van der Waals surface area contributed by atoms with Gasteiger partial charge in [0.1, 0.15) is 6.04 Å². The molecule has 0 aliphatic heterocycles. The molecule has 0 saturated heterocycles. The van der Waals surface area contributed by atoms with E-state index in [-0.39, 0.29) is 11.8 Å². The zero-order valence-electron chi connectivity index (χ0n) is 12.1. The molecule has 5 nitrogen and oxygen atoms in total. The molecule has 0 bridgehead atoms. The van der Waals surface area contributed by atoms with Crippen LogP contribution in [0.2, 0.25) is 0 Å². The fourth-order valence-electron chi connectivity index (χ4n) is 1.85. The highest BCUT2D eigenvalue weighted by molar-refractivity contribution is 5.96. The van der Waals surface area contributed by atoms with Gasteiger partial charge in [0.15, 0.2) is 0 Å². The van der Waals surface area contributed by atoms with Gasteiger partial charge in [0.05, 0.1) is 6.61 Å². The van der Waals surface area contributed by atoms with E-state index in [9.17, 15) is 9.59 Å². The fourth-order valence-corrected chi connectivity index (χ4v) is 1.85. The third-order valence-corrected chi connectivity index (χ3v) is 2.84. The molecular formula is C15H21NO4. The smallest absolute Gasteiger partial charge is 0.326 e. The lowest BCUT2D eigenvalue weighted by molar-refractivity contribution is -0.139. The van der Waals surface area contributed by atoms with Crippen molar-refractivity contribution in [3.05, 3.63) is 35.4 Å². The summed E-state index contributed by atoms with van der Waals surface area (Å²) in [6.45, 7) is 4.32. The number of benzene rings is 1. The largest absolute Gasteiger partial charge is 0.480 e. The standard InChI is InChI=1S/C15H21NO4/c1-10(2)8-13(15(18)19)16-14(17)12-6-4-11(5-7-12)9-20-3/h4-7,10,13H,8-9H2,1-3H3,(H,16,17)(H,18,19)/t13-/m0/s1. The van der Waals surface area contributed by atoms with Crippen LogP contribution in [0.25, 0.3) is 0 Å². The van der Waals surface area contributed by atoms with Gasteiger partial charge in [-0.1, -0.05) is 26.0 Å². The maximum atomic E-state index is 12.0. The van der Waals surface area contributed by atoms with Gasteiger partial charge in [0.2, 0.25) is 0 Å². The summed E-state index contributed by atoms with van der Waals surface area (Å²) in [6, 6.07) is 6.05. The summed E-state index contributed by atoms with van der Waals surface area (Å²) in [4.78, 5) is 23.1. The van der Waals surface area contributed by atoms with Crippen molar-refractivity contribution >= 4 is 11.9 Å². The van der Waals surface area contributed by atoms with Gasteiger partial charge >= 0.3 is 5.97 Å². The van der Waals surface area contributed by atoms with E-state index >= 15 is 0 Å². The maximum absolute atomic E-state index is 12.0. The first-order valence-electron chi connectivity index (χ1n) is 6.55. The zero-order valence-corrected chi connectivity index (χ0v) is 12.1. The van der Waals surface area contributed by atoms with E-state index in [0.29, 0.717) is 18.6 Å². The number of rotatable bonds is 7. The van der Waals surface area contributed by atoms with Crippen molar-refractivity contribution < 1.29 is 19.4 Å². The minimum atomic E-state index is -1.01. The Morgan fingerprint density at radius 3 is 2.30 bits per heavy atom. The predicted octanol–water partition coefficient (Wildman–Crippen LogP) is 2.06.